The number of nitrogens with zero attached hydrogens (tertiary/aromatic N) is 4. The molecule has 0 radical (unpaired) electrons. The van der Waals surface area contributed by atoms with Crippen molar-refractivity contribution < 1.29 is 0 Å². The van der Waals surface area contributed by atoms with Gasteiger partial charge in [0.15, 0.2) is 0 Å². The molecule has 76 valence electrons. The van der Waals surface area contributed by atoms with E-state index in [1.807, 2.05) is 42.3 Å². The van der Waals surface area contributed by atoms with Gasteiger partial charge in [-0.15, -0.1) is 0 Å². The number of rotatable bonds is 2. The summed E-state index contributed by atoms with van der Waals surface area (Å²) in [4.78, 5) is 13.6. The zero-order valence-electron chi connectivity index (χ0n) is 8.13. The van der Waals surface area contributed by atoms with Gasteiger partial charge in [0.05, 0.1) is 0 Å². The Balaban J connectivity index is 2.32. The van der Waals surface area contributed by atoms with Gasteiger partial charge in [0.2, 0.25) is 11.2 Å². The molecule has 15 heavy (non-hydrogen) atoms. The highest BCUT2D eigenvalue weighted by Gasteiger charge is 2.06. The zero-order valence-corrected chi connectivity index (χ0v) is 8.89. The number of hydrogen-bond donors (Lipinski definition) is 0. The third-order valence-corrected chi connectivity index (χ3v) is 2.16. The van der Waals surface area contributed by atoms with E-state index in [4.69, 9.17) is 11.6 Å². The van der Waals surface area contributed by atoms with Crippen molar-refractivity contribution in [1.29, 1.82) is 0 Å². The standard InChI is InChI=1S/C10H9ClN4/c1-15(8-5-3-2-4-6-8)10-13-7-12-9(11)14-10/h2-7H,1H3. The van der Waals surface area contributed by atoms with Gasteiger partial charge in [-0.1, -0.05) is 18.2 Å². The topological polar surface area (TPSA) is 41.9 Å². The maximum atomic E-state index is 5.69. The molecule has 1 aromatic heterocycles. The second-order valence-electron chi connectivity index (χ2n) is 2.95. The van der Waals surface area contributed by atoms with Crippen LogP contribution in [0.25, 0.3) is 0 Å². The van der Waals surface area contributed by atoms with Crippen molar-refractivity contribution >= 4 is 23.2 Å². The molecule has 0 unspecified atom stereocenters. The van der Waals surface area contributed by atoms with Crippen LogP contribution >= 0.6 is 11.6 Å². The van der Waals surface area contributed by atoms with Gasteiger partial charge in [-0.2, -0.15) is 4.98 Å². The van der Waals surface area contributed by atoms with Gasteiger partial charge in [-0.05, 0) is 23.7 Å². The van der Waals surface area contributed by atoms with Crippen molar-refractivity contribution in [2.45, 2.75) is 0 Å². The molecule has 0 aliphatic heterocycles. The maximum Gasteiger partial charge on any atom is 0.233 e. The number of anilines is 2. The van der Waals surface area contributed by atoms with Crippen LogP contribution in [0.5, 0.6) is 0 Å². The summed E-state index contributed by atoms with van der Waals surface area (Å²) in [7, 11) is 1.88. The predicted molar refractivity (Wildman–Crippen MR) is 59.3 cm³/mol. The molecule has 0 spiro atoms. The number of hydrogen-bond acceptors (Lipinski definition) is 4. The smallest absolute Gasteiger partial charge is 0.233 e. The highest BCUT2D eigenvalue weighted by atomic mass is 35.5. The van der Waals surface area contributed by atoms with E-state index in [-0.39, 0.29) is 5.28 Å². The number of aromatic nitrogens is 3. The van der Waals surface area contributed by atoms with Crippen LogP contribution in [0, 0.1) is 0 Å². The molecule has 0 aliphatic rings. The zero-order chi connectivity index (χ0) is 10.7. The molecule has 1 heterocycles. The Morgan fingerprint density at radius 2 is 1.87 bits per heavy atom. The molecule has 2 rings (SSSR count). The Labute approximate surface area is 92.6 Å². The van der Waals surface area contributed by atoms with E-state index >= 15 is 0 Å². The van der Waals surface area contributed by atoms with Crippen LogP contribution in [-0.4, -0.2) is 22.0 Å². The average Bonchev–Trinajstić information content (AvgIpc) is 2.29. The Morgan fingerprint density at radius 1 is 1.13 bits per heavy atom. The first-order valence-electron chi connectivity index (χ1n) is 4.40. The number of halogens is 1. The van der Waals surface area contributed by atoms with Gasteiger partial charge in [-0.3, -0.25) is 0 Å². The second kappa shape index (κ2) is 4.23. The van der Waals surface area contributed by atoms with Crippen molar-refractivity contribution in [1.82, 2.24) is 15.0 Å². The van der Waals surface area contributed by atoms with Crippen molar-refractivity contribution in [3.63, 3.8) is 0 Å². The number of para-hydroxylation sites is 1. The minimum Gasteiger partial charge on any atom is -0.313 e. The molecule has 0 saturated heterocycles. The average molecular weight is 221 g/mol. The van der Waals surface area contributed by atoms with E-state index in [9.17, 15) is 0 Å². The highest BCUT2D eigenvalue weighted by molar-refractivity contribution is 6.28. The van der Waals surface area contributed by atoms with E-state index in [2.05, 4.69) is 15.0 Å². The summed E-state index contributed by atoms with van der Waals surface area (Å²) in [5, 5.41) is 0.197. The lowest BCUT2D eigenvalue weighted by Gasteiger charge is -2.16. The van der Waals surface area contributed by atoms with Gasteiger partial charge >= 0.3 is 0 Å². The van der Waals surface area contributed by atoms with Gasteiger partial charge in [0.25, 0.3) is 0 Å². The van der Waals surface area contributed by atoms with Crippen molar-refractivity contribution in [2.75, 3.05) is 11.9 Å². The lowest BCUT2D eigenvalue weighted by Crippen LogP contribution is -2.13. The van der Waals surface area contributed by atoms with Crippen LogP contribution in [0.15, 0.2) is 36.7 Å². The Hall–Kier alpha value is -1.68. The summed E-state index contributed by atoms with van der Waals surface area (Å²) < 4.78 is 0. The van der Waals surface area contributed by atoms with Gasteiger partial charge in [-0.25, -0.2) is 9.97 Å². The van der Waals surface area contributed by atoms with E-state index in [0.717, 1.165) is 5.69 Å². The second-order valence-corrected chi connectivity index (χ2v) is 3.29. The molecule has 0 aliphatic carbocycles. The minimum absolute atomic E-state index is 0.197. The predicted octanol–water partition coefficient (Wildman–Crippen LogP) is 2.29. The molecule has 1 aromatic carbocycles. The van der Waals surface area contributed by atoms with Crippen LogP contribution in [0.2, 0.25) is 5.28 Å². The summed E-state index contributed by atoms with van der Waals surface area (Å²) in [6, 6.07) is 9.80. The molecule has 2 aromatic rings. The van der Waals surface area contributed by atoms with Crippen LogP contribution in [0.3, 0.4) is 0 Å². The van der Waals surface area contributed by atoms with E-state index < -0.39 is 0 Å². The Kier molecular flexibility index (Phi) is 2.78. The summed E-state index contributed by atoms with van der Waals surface area (Å²) in [6.45, 7) is 0. The Bertz CT molecular complexity index is 446. The fourth-order valence-electron chi connectivity index (χ4n) is 1.20. The molecule has 0 N–H and O–H groups in total. The molecule has 0 atom stereocenters. The van der Waals surface area contributed by atoms with E-state index in [1.54, 1.807) is 0 Å². The van der Waals surface area contributed by atoms with Crippen molar-refractivity contribution in [3.05, 3.63) is 41.9 Å². The molecule has 0 saturated carbocycles. The largest absolute Gasteiger partial charge is 0.313 e. The first-order valence-corrected chi connectivity index (χ1v) is 4.78. The van der Waals surface area contributed by atoms with Crippen LogP contribution in [-0.2, 0) is 0 Å². The maximum absolute atomic E-state index is 5.69. The van der Waals surface area contributed by atoms with Crippen molar-refractivity contribution in [2.24, 2.45) is 0 Å². The summed E-state index contributed by atoms with van der Waals surface area (Å²) in [5.41, 5.74) is 1.000. The summed E-state index contributed by atoms with van der Waals surface area (Å²) in [5.74, 6) is 0.529. The van der Waals surface area contributed by atoms with E-state index in [1.165, 1.54) is 6.33 Å². The van der Waals surface area contributed by atoms with Gasteiger partial charge in [0, 0.05) is 12.7 Å². The normalized spacial score (nSPS) is 10.0. The fourth-order valence-corrected chi connectivity index (χ4v) is 1.32. The van der Waals surface area contributed by atoms with E-state index in [0.29, 0.717) is 5.95 Å². The quantitative estimate of drug-likeness (QED) is 0.779. The molecule has 0 fully saturated rings. The molecular weight excluding hydrogens is 212 g/mol. The van der Waals surface area contributed by atoms with Crippen LogP contribution in [0.1, 0.15) is 0 Å². The molecule has 5 heteroatoms. The van der Waals surface area contributed by atoms with Crippen LogP contribution < -0.4 is 4.90 Å². The minimum atomic E-state index is 0.197. The lowest BCUT2D eigenvalue weighted by atomic mass is 10.3. The highest BCUT2D eigenvalue weighted by Crippen LogP contribution is 2.18. The van der Waals surface area contributed by atoms with Gasteiger partial charge in [0.1, 0.15) is 6.33 Å². The SMILES string of the molecule is CN(c1ccccc1)c1ncnc(Cl)n1. The van der Waals surface area contributed by atoms with Crippen LogP contribution in [0.4, 0.5) is 11.6 Å². The molecular formula is C10H9ClN4. The molecule has 0 bridgehead atoms. The first kappa shape index (κ1) is 9.86. The van der Waals surface area contributed by atoms with Crippen molar-refractivity contribution in [3.8, 4) is 0 Å². The summed E-state index contributed by atoms with van der Waals surface area (Å²) in [6.07, 6.45) is 1.39. The summed E-state index contributed by atoms with van der Waals surface area (Å²) >= 11 is 5.69. The molecule has 4 nitrogen and oxygen atoms in total. The Morgan fingerprint density at radius 3 is 2.53 bits per heavy atom. The fraction of sp³-hybridized carbons (Fsp3) is 0.100. The third-order valence-electron chi connectivity index (χ3n) is 1.97. The van der Waals surface area contributed by atoms with Gasteiger partial charge < -0.3 is 4.90 Å². The molecule has 0 amide bonds. The number of benzene rings is 1. The third kappa shape index (κ3) is 2.22. The lowest BCUT2D eigenvalue weighted by molar-refractivity contribution is 0.985. The monoisotopic (exact) mass is 220 g/mol. The first-order chi connectivity index (χ1) is 7.27.